The van der Waals surface area contributed by atoms with Crippen molar-refractivity contribution in [3.05, 3.63) is 76.2 Å². The summed E-state index contributed by atoms with van der Waals surface area (Å²) in [4.78, 5) is 35.5. The zero-order valence-electron chi connectivity index (χ0n) is 13.0. The minimum Gasteiger partial charge on any atom is -0.543 e. The second-order valence-electron chi connectivity index (χ2n) is 5.21. The molecule has 0 bridgehead atoms. The zero-order chi connectivity index (χ0) is 17.8. The molecule has 0 amide bonds. The van der Waals surface area contributed by atoms with Crippen LogP contribution in [0.1, 0.15) is 20.8 Å². The summed E-state index contributed by atoms with van der Waals surface area (Å²) in [7, 11) is 0. The van der Waals surface area contributed by atoms with Crippen LogP contribution in [0.25, 0.3) is 10.8 Å². The summed E-state index contributed by atoms with van der Waals surface area (Å²) in [6.07, 6.45) is 0. The number of carbonyl (C=O) groups is 2. The molecule has 0 fully saturated rings. The maximum Gasteiger partial charge on any atom is 0.338 e. The molecule has 0 atom stereocenters. The summed E-state index contributed by atoms with van der Waals surface area (Å²) in [6.45, 7) is -0.187. The van der Waals surface area contributed by atoms with Crippen molar-refractivity contribution in [2.24, 2.45) is 0 Å². The van der Waals surface area contributed by atoms with Gasteiger partial charge in [0.05, 0.1) is 23.5 Å². The summed E-state index contributed by atoms with van der Waals surface area (Å²) < 4.78 is 6.06. The Bertz CT molecular complexity index is 995. The first-order chi connectivity index (χ1) is 12.1. The van der Waals surface area contributed by atoms with Crippen LogP contribution in [-0.4, -0.2) is 28.3 Å². The lowest BCUT2D eigenvalue weighted by Gasteiger charge is -2.11. The van der Waals surface area contributed by atoms with Gasteiger partial charge >= 0.3 is 5.97 Å². The molecule has 1 aromatic heterocycles. The van der Waals surface area contributed by atoms with Gasteiger partial charge in [0.2, 0.25) is 0 Å². The molecule has 0 radical (unpaired) electrons. The molecule has 7 heteroatoms. The average molecular weight is 337 g/mol. The van der Waals surface area contributed by atoms with E-state index in [1.165, 1.54) is 12.1 Å². The van der Waals surface area contributed by atoms with Crippen molar-refractivity contribution in [2.75, 3.05) is 6.61 Å². The number of rotatable bonds is 5. The first-order valence-electron chi connectivity index (χ1n) is 7.51. The minimum absolute atomic E-state index is 0.0669. The highest BCUT2D eigenvalue weighted by Crippen LogP contribution is 2.12. The van der Waals surface area contributed by atoms with E-state index in [9.17, 15) is 19.5 Å². The molecule has 1 heterocycles. The summed E-state index contributed by atoms with van der Waals surface area (Å²) in [5, 5.41) is 15.5. The van der Waals surface area contributed by atoms with Gasteiger partial charge in [-0.2, -0.15) is 5.10 Å². The van der Waals surface area contributed by atoms with Crippen molar-refractivity contribution < 1.29 is 19.4 Å². The van der Waals surface area contributed by atoms with Gasteiger partial charge < -0.3 is 14.6 Å². The minimum atomic E-state index is -1.48. The van der Waals surface area contributed by atoms with Crippen molar-refractivity contribution in [1.29, 1.82) is 0 Å². The van der Waals surface area contributed by atoms with Crippen molar-refractivity contribution >= 4 is 22.7 Å². The molecule has 0 spiro atoms. The molecular weight excluding hydrogens is 324 g/mol. The second kappa shape index (κ2) is 6.96. The molecule has 2 aromatic carbocycles. The summed E-state index contributed by atoms with van der Waals surface area (Å²) in [5.74, 6) is -2.01. The van der Waals surface area contributed by atoms with Crippen molar-refractivity contribution in [3.8, 4) is 0 Å². The van der Waals surface area contributed by atoms with Crippen LogP contribution < -0.4 is 10.7 Å². The Morgan fingerprint density at radius 1 is 1.00 bits per heavy atom. The largest absolute Gasteiger partial charge is 0.543 e. The third-order valence-corrected chi connectivity index (χ3v) is 3.61. The topological polar surface area (TPSA) is 101 Å². The highest BCUT2D eigenvalue weighted by molar-refractivity contribution is 6.00. The number of hydrogen-bond acceptors (Lipinski definition) is 6. The fraction of sp³-hybridized carbons (Fsp3) is 0.111. The SMILES string of the molecule is O=C(OCCn1nc(C(=O)[O-])c2ccccc2c1=O)c1ccccc1. The van der Waals surface area contributed by atoms with Gasteiger partial charge in [-0.05, 0) is 18.2 Å². The maximum absolute atomic E-state index is 12.4. The van der Waals surface area contributed by atoms with Crippen LogP contribution in [0, 0.1) is 0 Å². The lowest BCUT2D eigenvalue weighted by Crippen LogP contribution is -2.32. The summed E-state index contributed by atoms with van der Waals surface area (Å²) in [5.41, 5.74) is -0.405. The molecule has 3 aromatic rings. The van der Waals surface area contributed by atoms with Crippen molar-refractivity contribution in [1.82, 2.24) is 9.78 Å². The first-order valence-corrected chi connectivity index (χ1v) is 7.51. The molecule has 25 heavy (non-hydrogen) atoms. The molecule has 0 N–H and O–H groups in total. The van der Waals surface area contributed by atoms with E-state index in [2.05, 4.69) is 5.10 Å². The van der Waals surface area contributed by atoms with Crippen LogP contribution in [0.3, 0.4) is 0 Å². The fourth-order valence-corrected chi connectivity index (χ4v) is 2.42. The zero-order valence-corrected chi connectivity index (χ0v) is 13.0. The quantitative estimate of drug-likeness (QED) is 0.633. The predicted molar refractivity (Wildman–Crippen MR) is 87.1 cm³/mol. The standard InChI is InChI=1S/C18H14N2O5/c21-16-14-9-5-4-8-13(14)15(17(22)23)19-20(16)10-11-25-18(24)12-6-2-1-3-7-12/h1-9H,10-11H2,(H,22,23)/p-1. The van der Waals surface area contributed by atoms with Gasteiger partial charge in [0.1, 0.15) is 12.3 Å². The number of carboxylic acids is 1. The van der Waals surface area contributed by atoms with Crippen LogP contribution in [-0.2, 0) is 11.3 Å². The van der Waals surface area contributed by atoms with Gasteiger partial charge in [0.15, 0.2) is 0 Å². The molecule has 7 nitrogen and oxygen atoms in total. The monoisotopic (exact) mass is 337 g/mol. The second-order valence-corrected chi connectivity index (χ2v) is 5.21. The Kier molecular flexibility index (Phi) is 4.56. The van der Waals surface area contributed by atoms with Gasteiger partial charge in [-0.3, -0.25) is 4.79 Å². The van der Waals surface area contributed by atoms with Crippen LogP contribution in [0.15, 0.2) is 59.4 Å². The lowest BCUT2D eigenvalue weighted by atomic mass is 10.1. The van der Waals surface area contributed by atoms with Gasteiger partial charge in [0, 0.05) is 5.39 Å². The van der Waals surface area contributed by atoms with Crippen LogP contribution in [0.2, 0.25) is 0 Å². The number of benzene rings is 2. The van der Waals surface area contributed by atoms with Gasteiger partial charge in [-0.15, -0.1) is 0 Å². The molecule has 0 aliphatic heterocycles. The third kappa shape index (κ3) is 3.40. The summed E-state index contributed by atoms with van der Waals surface area (Å²) >= 11 is 0. The Morgan fingerprint density at radius 3 is 2.32 bits per heavy atom. The molecule has 0 saturated carbocycles. The van der Waals surface area contributed by atoms with E-state index in [4.69, 9.17) is 4.74 Å². The normalized spacial score (nSPS) is 10.6. The Morgan fingerprint density at radius 2 is 1.64 bits per heavy atom. The van der Waals surface area contributed by atoms with Crippen molar-refractivity contribution in [2.45, 2.75) is 6.54 Å². The van der Waals surface area contributed by atoms with E-state index in [-0.39, 0.29) is 29.6 Å². The third-order valence-electron chi connectivity index (χ3n) is 3.61. The Labute approximate surface area is 142 Å². The number of fused-ring (bicyclic) bond motifs is 1. The van der Waals surface area contributed by atoms with E-state index in [1.54, 1.807) is 42.5 Å². The number of carbonyl (C=O) groups excluding carboxylic acids is 2. The number of nitrogens with zero attached hydrogens (tertiary/aromatic N) is 2. The molecule has 3 rings (SSSR count). The maximum atomic E-state index is 12.4. The lowest BCUT2D eigenvalue weighted by molar-refractivity contribution is -0.255. The van der Waals surface area contributed by atoms with Gasteiger partial charge in [-0.1, -0.05) is 36.4 Å². The van der Waals surface area contributed by atoms with E-state index in [0.717, 1.165) is 4.68 Å². The van der Waals surface area contributed by atoms with Gasteiger partial charge in [-0.25, -0.2) is 9.48 Å². The van der Waals surface area contributed by atoms with Crippen molar-refractivity contribution in [3.63, 3.8) is 0 Å². The Hall–Kier alpha value is -3.48. The first kappa shape index (κ1) is 16.4. The Balaban J connectivity index is 1.82. The van der Waals surface area contributed by atoms with E-state index in [1.807, 2.05) is 0 Å². The fourth-order valence-electron chi connectivity index (χ4n) is 2.42. The average Bonchev–Trinajstić information content (AvgIpc) is 2.64. The molecule has 0 aliphatic carbocycles. The van der Waals surface area contributed by atoms with E-state index in [0.29, 0.717) is 5.56 Å². The number of aromatic carboxylic acids is 1. The van der Waals surface area contributed by atoms with E-state index < -0.39 is 17.5 Å². The molecule has 126 valence electrons. The molecule has 0 unspecified atom stereocenters. The summed E-state index contributed by atoms with van der Waals surface area (Å²) in [6, 6.07) is 14.7. The number of ether oxygens (including phenoxy) is 1. The highest BCUT2D eigenvalue weighted by atomic mass is 16.5. The molecular formula is C18H13N2O5-. The van der Waals surface area contributed by atoms with E-state index >= 15 is 0 Å². The van der Waals surface area contributed by atoms with Crippen LogP contribution in [0.4, 0.5) is 0 Å². The number of carboxylic acid groups (broad SMARTS) is 1. The number of aromatic nitrogens is 2. The van der Waals surface area contributed by atoms with Crippen LogP contribution >= 0.6 is 0 Å². The molecule has 0 saturated heterocycles. The molecule has 0 aliphatic rings. The van der Waals surface area contributed by atoms with Gasteiger partial charge in [0.25, 0.3) is 5.56 Å². The van der Waals surface area contributed by atoms with Crippen LogP contribution in [0.5, 0.6) is 0 Å². The predicted octanol–water partition coefficient (Wildman–Crippen LogP) is 0.617. The number of esters is 1. The highest BCUT2D eigenvalue weighted by Gasteiger charge is 2.12. The number of hydrogen-bond donors (Lipinski definition) is 0. The smallest absolute Gasteiger partial charge is 0.338 e.